The largest absolute Gasteiger partial charge is 0.500 e. The van der Waals surface area contributed by atoms with Gasteiger partial charge in [-0.15, -0.1) is 0 Å². The van der Waals surface area contributed by atoms with E-state index in [0.29, 0.717) is 24.2 Å². The van der Waals surface area contributed by atoms with E-state index in [1.165, 1.54) is 17.7 Å². The van der Waals surface area contributed by atoms with Gasteiger partial charge in [0.15, 0.2) is 0 Å². The molecule has 1 aliphatic rings. The van der Waals surface area contributed by atoms with Crippen molar-refractivity contribution in [3.05, 3.63) is 87.2 Å². The number of carbonyl (C=O) groups is 1. The molecule has 0 spiro atoms. The summed E-state index contributed by atoms with van der Waals surface area (Å²) in [6.07, 6.45) is 5.38. The van der Waals surface area contributed by atoms with Crippen LogP contribution in [0.5, 0.6) is 0 Å². The molecule has 0 fully saturated rings. The van der Waals surface area contributed by atoms with Gasteiger partial charge in [0, 0.05) is 24.5 Å². The second-order valence-electron chi connectivity index (χ2n) is 8.69. The highest BCUT2D eigenvalue weighted by Crippen LogP contribution is 2.43. The molecule has 1 aliphatic heterocycles. The fraction of sp³-hybridized carbons (Fsp3) is 0.444. The number of hydrogen-bond acceptors (Lipinski definition) is 5. The first-order valence-electron chi connectivity index (χ1n) is 11.7. The number of rotatable bonds is 11. The highest BCUT2D eigenvalue weighted by molar-refractivity contribution is 5.92. The Morgan fingerprint density at radius 2 is 1.88 bits per heavy atom. The van der Waals surface area contributed by atoms with Crippen LogP contribution >= 0.6 is 0 Å². The summed E-state index contributed by atoms with van der Waals surface area (Å²) in [5, 5.41) is 11.3. The van der Waals surface area contributed by atoms with Crippen LogP contribution in [-0.2, 0) is 20.7 Å². The minimum Gasteiger partial charge on any atom is -0.500 e. The molecule has 176 valence electrons. The van der Waals surface area contributed by atoms with Gasteiger partial charge >= 0.3 is 5.97 Å². The number of methoxy groups -OCH3 is 1. The van der Waals surface area contributed by atoms with E-state index in [9.17, 15) is 14.9 Å². The van der Waals surface area contributed by atoms with Crippen LogP contribution in [0.4, 0.5) is 5.69 Å². The average Bonchev–Trinajstić information content (AvgIpc) is 2.81. The number of hydrogen-bond donors (Lipinski definition) is 0. The van der Waals surface area contributed by atoms with Gasteiger partial charge in [0.25, 0.3) is 5.69 Å². The first-order valence-corrected chi connectivity index (χ1v) is 11.7. The Balaban J connectivity index is 1.88. The summed E-state index contributed by atoms with van der Waals surface area (Å²) in [6.45, 7) is 4.06. The number of aryl methyl sites for hydroxylation is 1. The molecule has 6 heteroatoms. The molecule has 3 rings (SSSR count). The summed E-state index contributed by atoms with van der Waals surface area (Å²) in [6, 6.07) is 16.8. The fourth-order valence-electron chi connectivity index (χ4n) is 4.89. The Kier molecular flexibility index (Phi) is 8.26. The summed E-state index contributed by atoms with van der Waals surface area (Å²) in [5.41, 5.74) is 1.90. The molecule has 2 atom stereocenters. The van der Waals surface area contributed by atoms with E-state index in [1.54, 1.807) is 13.2 Å². The van der Waals surface area contributed by atoms with E-state index < -0.39 is 10.5 Å². The molecule has 0 amide bonds. The molecule has 6 nitrogen and oxygen atoms in total. The second-order valence-corrected chi connectivity index (χ2v) is 8.69. The van der Waals surface area contributed by atoms with Crippen molar-refractivity contribution >= 4 is 11.7 Å². The van der Waals surface area contributed by atoms with Crippen molar-refractivity contribution in [2.75, 3.05) is 7.11 Å². The van der Waals surface area contributed by atoms with E-state index in [2.05, 4.69) is 19.1 Å². The average molecular weight is 452 g/mol. The molecular weight excluding hydrogens is 418 g/mol. The Hall–Kier alpha value is -3.15. The number of benzene rings is 2. The standard InChI is InChI=1S/C27H33NO5/c1-4-16-27(17-10-13-20-11-7-6-8-12-20)19-24(32-3)25(26(29)33-27)23(5-2)21-14-9-15-22(18-21)28(30)31/h6-9,11-12,14-15,18,23H,4-5,10,13,16-17,19H2,1-3H3/t23-,27-/m1/s1. The number of non-ortho nitro benzene ring substituents is 1. The second kappa shape index (κ2) is 11.1. The smallest absolute Gasteiger partial charge is 0.338 e. The molecule has 0 bridgehead atoms. The lowest BCUT2D eigenvalue weighted by Crippen LogP contribution is -2.41. The molecule has 0 unspecified atom stereocenters. The maximum Gasteiger partial charge on any atom is 0.338 e. The van der Waals surface area contributed by atoms with Gasteiger partial charge in [-0.3, -0.25) is 10.1 Å². The van der Waals surface area contributed by atoms with Gasteiger partial charge in [0.2, 0.25) is 0 Å². The predicted molar refractivity (Wildman–Crippen MR) is 128 cm³/mol. The van der Waals surface area contributed by atoms with Crippen molar-refractivity contribution in [1.82, 2.24) is 0 Å². The number of esters is 1. The maximum absolute atomic E-state index is 13.4. The van der Waals surface area contributed by atoms with Gasteiger partial charge < -0.3 is 9.47 Å². The Labute approximate surface area is 195 Å². The number of cyclic esters (lactones) is 1. The topological polar surface area (TPSA) is 78.7 Å². The summed E-state index contributed by atoms with van der Waals surface area (Å²) in [7, 11) is 1.59. The number of ether oxygens (including phenoxy) is 2. The summed E-state index contributed by atoms with van der Waals surface area (Å²) in [5.74, 6) is -0.0568. The highest BCUT2D eigenvalue weighted by Gasteiger charge is 2.43. The van der Waals surface area contributed by atoms with Crippen molar-refractivity contribution in [1.29, 1.82) is 0 Å². The van der Waals surface area contributed by atoms with Gasteiger partial charge in [-0.25, -0.2) is 4.79 Å². The SMILES string of the molecule is CCC[C@@]1(CCCc2ccccc2)CC(OC)=C([C@H](CC)c2cccc([N+](=O)[O-])c2)C(=O)O1. The zero-order valence-electron chi connectivity index (χ0n) is 19.7. The van der Waals surface area contributed by atoms with Gasteiger partial charge in [-0.1, -0.05) is 62.7 Å². The minimum absolute atomic E-state index is 0.0101. The molecule has 0 N–H and O–H groups in total. The van der Waals surface area contributed by atoms with Crippen LogP contribution in [-0.4, -0.2) is 23.6 Å². The zero-order valence-corrected chi connectivity index (χ0v) is 19.7. The summed E-state index contributed by atoms with van der Waals surface area (Å²) >= 11 is 0. The highest BCUT2D eigenvalue weighted by atomic mass is 16.6. The van der Waals surface area contributed by atoms with Gasteiger partial charge in [0.05, 0.1) is 17.6 Å². The van der Waals surface area contributed by atoms with E-state index in [1.807, 2.05) is 31.2 Å². The predicted octanol–water partition coefficient (Wildman–Crippen LogP) is 6.50. The lowest BCUT2D eigenvalue weighted by atomic mass is 9.80. The number of carbonyl (C=O) groups excluding carboxylic acids is 1. The van der Waals surface area contributed by atoms with Crippen molar-refractivity contribution in [2.24, 2.45) is 0 Å². The molecule has 1 heterocycles. The van der Waals surface area contributed by atoms with Crippen LogP contribution in [0.15, 0.2) is 65.9 Å². The lowest BCUT2D eigenvalue weighted by Gasteiger charge is -2.39. The van der Waals surface area contributed by atoms with Crippen LogP contribution in [0.25, 0.3) is 0 Å². The Morgan fingerprint density at radius 3 is 2.52 bits per heavy atom. The van der Waals surface area contributed by atoms with Gasteiger partial charge in [0.1, 0.15) is 11.4 Å². The van der Waals surface area contributed by atoms with E-state index in [4.69, 9.17) is 9.47 Å². The van der Waals surface area contributed by atoms with E-state index in [0.717, 1.165) is 37.7 Å². The van der Waals surface area contributed by atoms with Crippen LogP contribution in [0, 0.1) is 10.1 Å². The van der Waals surface area contributed by atoms with Gasteiger partial charge in [-0.2, -0.15) is 0 Å². The molecular formula is C27H33NO5. The van der Waals surface area contributed by atoms with Crippen molar-refractivity contribution in [3.63, 3.8) is 0 Å². The molecule has 0 saturated heterocycles. The molecule has 0 saturated carbocycles. The lowest BCUT2D eigenvalue weighted by molar-refractivity contribution is -0.384. The van der Waals surface area contributed by atoms with E-state index >= 15 is 0 Å². The fourth-order valence-corrected chi connectivity index (χ4v) is 4.89. The molecule has 0 radical (unpaired) electrons. The normalized spacial score (nSPS) is 19.2. The first kappa shape index (κ1) is 24.5. The van der Waals surface area contributed by atoms with E-state index in [-0.39, 0.29) is 17.6 Å². The Bertz CT molecular complexity index is 1000. The molecule has 2 aromatic carbocycles. The number of nitro groups is 1. The molecule has 0 aliphatic carbocycles. The number of nitro benzene ring substituents is 1. The van der Waals surface area contributed by atoms with Gasteiger partial charge in [-0.05, 0) is 43.2 Å². The van der Waals surface area contributed by atoms with Crippen molar-refractivity contribution in [2.45, 2.75) is 70.3 Å². The molecule has 0 aromatic heterocycles. The molecule has 33 heavy (non-hydrogen) atoms. The van der Waals surface area contributed by atoms with Crippen molar-refractivity contribution in [3.8, 4) is 0 Å². The van der Waals surface area contributed by atoms with Crippen LogP contribution in [0.3, 0.4) is 0 Å². The maximum atomic E-state index is 13.4. The van der Waals surface area contributed by atoms with Crippen LogP contribution in [0.1, 0.15) is 69.4 Å². The monoisotopic (exact) mass is 451 g/mol. The summed E-state index contributed by atoms with van der Waals surface area (Å²) in [4.78, 5) is 24.2. The molecule has 2 aromatic rings. The first-order chi connectivity index (χ1) is 15.9. The quantitative estimate of drug-likeness (QED) is 0.221. The minimum atomic E-state index is -0.587. The Morgan fingerprint density at radius 1 is 1.12 bits per heavy atom. The number of nitrogens with zero attached hydrogens (tertiary/aromatic N) is 1. The third-order valence-corrected chi connectivity index (χ3v) is 6.45. The summed E-state index contributed by atoms with van der Waals surface area (Å²) < 4.78 is 11.9. The van der Waals surface area contributed by atoms with Crippen molar-refractivity contribution < 1.29 is 19.2 Å². The van der Waals surface area contributed by atoms with Crippen LogP contribution < -0.4 is 0 Å². The third kappa shape index (κ3) is 5.81. The third-order valence-electron chi connectivity index (χ3n) is 6.45. The van der Waals surface area contributed by atoms with Crippen LogP contribution in [0.2, 0.25) is 0 Å². The zero-order chi connectivity index (χ0) is 23.8.